The standard InChI is InChI=1S/C20H21Cl3N2O4S/c1-14(13-29-20(26)24-10-2-3-11-24)25(19-12-16(22)6-9-18(19)23)30(27,28)17-7-4-15(21)5-8-17/h4-9,12,14H,2-3,10-11,13H2,1H3/t14-/m1/s1. The molecule has 1 amide bonds. The molecule has 0 saturated carbocycles. The van der Waals surface area contributed by atoms with Crippen molar-refractivity contribution in [1.82, 2.24) is 4.90 Å². The quantitative estimate of drug-likeness (QED) is 0.538. The number of amides is 1. The summed E-state index contributed by atoms with van der Waals surface area (Å²) in [4.78, 5) is 13.9. The van der Waals surface area contributed by atoms with E-state index in [1.807, 2.05) is 0 Å². The minimum absolute atomic E-state index is 0.0284. The topological polar surface area (TPSA) is 66.9 Å². The minimum atomic E-state index is -4.05. The van der Waals surface area contributed by atoms with Gasteiger partial charge in [-0.05, 0) is 62.2 Å². The zero-order valence-corrected chi connectivity index (χ0v) is 19.3. The van der Waals surface area contributed by atoms with Crippen molar-refractivity contribution in [1.29, 1.82) is 0 Å². The van der Waals surface area contributed by atoms with Crippen molar-refractivity contribution in [2.24, 2.45) is 0 Å². The highest BCUT2D eigenvalue weighted by Gasteiger charge is 2.32. The Kier molecular flexibility index (Phi) is 7.39. The number of carbonyl (C=O) groups is 1. The van der Waals surface area contributed by atoms with Gasteiger partial charge in [0.05, 0.1) is 21.6 Å². The van der Waals surface area contributed by atoms with Crippen LogP contribution in [0.5, 0.6) is 0 Å². The number of hydrogen-bond donors (Lipinski definition) is 0. The predicted octanol–water partition coefficient (Wildman–Crippen LogP) is 5.46. The van der Waals surface area contributed by atoms with Crippen molar-refractivity contribution in [2.75, 3.05) is 24.0 Å². The zero-order valence-electron chi connectivity index (χ0n) is 16.2. The summed E-state index contributed by atoms with van der Waals surface area (Å²) in [6, 6.07) is 9.61. The van der Waals surface area contributed by atoms with Crippen LogP contribution in [0, 0.1) is 0 Å². The van der Waals surface area contributed by atoms with Crippen molar-refractivity contribution in [3.63, 3.8) is 0 Å². The van der Waals surface area contributed by atoms with Gasteiger partial charge < -0.3 is 9.64 Å². The van der Waals surface area contributed by atoms with Crippen molar-refractivity contribution < 1.29 is 17.9 Å². The molecule has 162 valence electrons. The largest absolute Gasteiger partial charge is 0.447 e. The summed E-state index contributed by atoms with van der Waals surface area (Å²) in [5.41, 5.74) is 0.198. The molecule has 30 heavy (non-hydrogen) atoms. The Morgan fingerprint density at radius 3 is 2.30 bits per heavy atom. The van der Waals surface area contributed by atoms with Crippen LogP contribution in [-0.4, -0.2) is 45.1 Å². The van der Waals surface area contributed by atoms with E-state index in [1.54, 1.807) is 17.9 Å². The molecule has 10 heteroatoms. The molecule has 2 aromatic rings. The maximum absolute atomic E-state index is 13.5. The molecular weight excluding hydrogens is 471 g/mol. The molecule has 0 N–H and O–H groups in total. The Bertz CT molecular complexity index is 1010. The molecule has 6 nitrogen and oxygen atoms in total. The lowest BCUT2D eigenvalue weighted by Gasteiger charge is -2.31. The van der Waals surface area contributed by atoms with E-state index in [0.717, 1.165) is 17.1 Å². The lowest BCUT2D eigenvalue weighted by atomic mass is 10.2. The van der Waals surface area contributed by atoms with E-state index in [0.29, 0.717) is 23.1 Å². The summed E-state index contributed by atoms with van der Waals surface area (Å²) in [5, 5.41) is 0.940. The molecule has 0 spiro atoms. The number of nitrogens with zero attached hydrogens (tertiary/aromatic N) is 2. The fourth-order valence-electron chi connectivity index (χ4n) is 3.23. The van der Waals surface area contributed by atoms with Gasteiger partial charge in [0.25, 0.3) is 10.0 Å². The first-order valence-electron chi connectivity index (χ1n) is 9.37. The summed E-state index contributed by atoms with van der Waals surface area (Å²) in [7, 11) is -4.05. The first-order chi connectivity index (χ1) is 14.2. The van der Waals surface area contributed by atoms with E-state index in [9.17, 15) is 13.2 Å². The van der Waals surface area contributed by atoms with Crippen molar-refractivity contribution in [2.45, 2.75) is 30.7 Å². The average molecular weight is 492 g/mol. The fraction of sp³-hybridized carbons (Fsp3) is 0.350. The lowest BCUT2D eigenvalue weighted by molar-refractivity contribution is 0.107. The van der Waals surface area contributed by atoms with Gasteiger partial charge in [0.2, 0.25) is 0 Å². The molecule has 0 bridgehead atoms. The third kappa shape index (κ3) is 5.14. The van der Waals surface area contributed by atoms with Gasteiger partial charge in [-0.25, -0.2) is 13.2 Å². The molecule has 2 aromatic carbocycles. The number of carbonyl (C=O) groups excluding carboxylic acids is 1. The van der Waals surface area contributed by atoms with E-state index in [1.165, 1.54) is 36.4 Å². The van der Waals surface area contributed by atoms with Crippen LogP contribution in [0.25, 0.3) is 0 Å². The molecule has 1 atom stereocenters. The van der Waals surface area contributed by atoms with E-state index >= 15 is 0 Å². The lowest BCUT2D eigenvalue weighted by Crippen LogP contribution is -2.43. The van der Waals surface area contributed by atoms with Crippen LogP contribution < -0.4 is 4.31 Å². The first kappa shape index (κ1) is 23.0. The van der Waals surface area contributed by atoms with Crippen molar-refractivity contribution in [3.05, 3.63) is 57.5 Å². The second-order valence-electron chi connectivity index (χ2n) is 6.97. The number of halogens is 3. The smallest absolute Gasteiger partial charge is 0.409 e. The van der Waals surface area contributed by atoms with E-state index in [4.69, 9.17) is 39.5 Å². The highest BCUT2D eigenvalue weighted by molar-refractivity contribution is 7.92. The predicted molar refractivity (Wildman–Crippen MR) is 119 cm³/mol. The Morgan fingerprint density at radius 1 is 1.07 bits per heavy atom. The van der Waals surface area contributed by atoms with Gasteiger partial charge in [0.1, 0.15) is 6.61 Å². The SMILES string of the molecule is C[C@H](COC(=O)N1CCCC1)N(c1cc(Cl)ccc1Cl)S(=O)(=O)c1ccc(Cl)cc1. The van der Waals surface area contributed by atoms with Crippen LogP contribution in [0.1, 0.15) is 19.8 Å². The minimum Gasteiger partial charge on any atom is -0.447 e. The molecule has 0 aromatic heterocycles. The Labute approximate surface area is 191 Å². The van der Waals surface area contributed by atoms with Crippen LogP contribution in [0.2, 0.25) is 15.1 Å². The van der Waals surface area contributed by atoms with Crippen LogP contribution >= 0.6 is 34.8 Å². The molecular formula is C20H21Cl3N2O4S. The Hall–Kier alpha value is -1.67. The number of rotatable bonds is 6. The first-order valence-corrected chi connectivity index (χ1v) is 11.9. The second kappa shape index (κ2) is 9.64. The van der Waals surface area contributed by atoms with Gasteiger partial charge in [0, 0.05) is 23.1 Å². The fourth-order valence-corrected chi connectivity index (χ4v) is 5.43. The van der Waals surface area contributed by atoms with Crippen molar-refractivity contribution in [3.8, 4) is 0 Å². The molecule has 1 heterocycles. The molecule has 1 aliphatic heterocycles. The van der Waals surface area contributed by atoms with Gasteiger partial charge in [-0.1, -0.05) is 34.8 Å². The third-order valence-corrected chi connectivity index (χ3v) is 7.48. The number of ether oxygens (including phenoxy) is 1. The Morgan fingerprint density at radius 2 is 1.67 bits per heavy atom. The molecule has 1 aliphatic rings. The summed E-state index contributed by atoms with van der Waals surface area (Å²) in [5.74, 6) is 0. The number of sulfonamides is 1. The molecule has 0 aliphatic carbocycles. The van der Waals surface area contributed by atoms with Crippen LogP contribution in [-0.2, 0) is 14.8 Å². The molecule has 1 saturated heterocycles. The van der Waals surface area contributed by atoms with Gasteiger partial charge >= 0.3 is 6.09 Å². The molecule has 0 unspecified atom stereocenters. The normalized spacial score (nSPS) is 15.1. The second-order valence-corrected chi connectivity index (χ2v) is 10.1. The van der Waals surface area contributed by atoms with Crippen LogP contribution in [0.4, 0.5) is 10.5 Å². The van der Waals surface area contributed by atoms with E-state index in [2.05, 4.69) is 0 Å². The summed E-state index contributed by atoms with van der Waals surface area (Å²) >= 11 is 18.3. The van der Waals surface area contributed by atoms with Crippen LogP contribution in [0.3, 0.4) is 0 Å². The van der Waals surface area contributed by atoms with Gasteiger partial charge in [-0.15, -0.1) is 0 Å². The van der Waals surface area contributed by atoms with E-state index in [-0.39, 0.29) is 22.2 Å². The zero-order chi connectivity index (χ0) is 21.9. The van der Waals surface area contributed by atoms with Gasteiger partial charge in [-0.2, -0.15) is 0 Å². The highest BCUT2D eigenvalue weighted by atomic mass is 35.5. The van der Waals surface area contributed by atoms with Crippen LogP contribution in [0.15, 0.2) is 47.4 Å². The van der Waals surface area contributed by atoms with Gasteiger partial charge in [0.15, 0.2) is 0 Å². The van der Waals surface area contributed by atoms with Crippen molar-refractivity contribution >= 4 is 56.6 Å². The maximum atomic E-state index is 13.5. The Balaban J connectivity index is 1.93. The van der Waals surface area contributed by atoms with E-state index < -0.39 is 22.2 Å². The summed E-state index contributed by atoms with van der Waals surface area (Å²) in [6.07, 6.45) is 1.40. The molecule has 3 rings (SSSR count). The number of anilines is 1. The molecule has 0 radical (unpaired) electrons. The highest BCUT2D eigenvalue weighted by Crippen LogP contribution is 2.35. The number of hydrogen-bond acceptors (Lipinski definition) is 4. The summed E-state index contributed by atoms with van der Waals surface area (Å²) in [6.45, 7) is 2.77. The maximum Gasteiger partial charge on any atom is 0.409 e. The monoisotopic (exact) mass is 490 g/mol. The average Bonchev–Trinajstić information content (AvgIpc) is 3.24. The van der Waals surface area contributed by atoms with Gasteiger partial charge in [-0.3, -0.25) is 4.31 Å². The third-order valence-electron chi connectivity index (χ3n) is 4.73. The molecule has 1 fully saturated rings. The summed E-state index contributed by atoms with van der Waals surface area (Å²) < 4.78 is 33.5. The number of benzene rings is 2. The number of likely N-dealkylation sites (tertiary alicyclic amines) is 1.